The highest BCUT2D eigenvalue weighted by Gasteiger charge is 2.46. The van der Waals surface area contributed by atoms with Crippen LogP contribution in [0.5, 0.6) is 5.75 Å². The van der Waals surface area contributed by atoms with Gasteiger partial charge < -0.3 is 14.9 Å². The smallest absolute Gasteiger partial charge is 0.229 e. The molecule has 4 nitrogen and oxygen atoms in total. The van der Waals surface area contributed by atoms with Crippen molar-refractivity contribution in [2.45, 2.75) is 11.5 Å². The van der Waals surface area contributed by atoms with Crippen molar-refractivity contribution >= 4 is 26.7 Å². The second kappa shape index (κ2) is 10.7. The van der Waals surface area contributed by atoms with Gasteiger partial charge in [-0.25, -0.2) is 0 Å². The molecule has 0 aliphatic rings. The fraction of sp³-hybridized carbons (Fsp3) is 0.208. The Morgan fingerprint density at radius 2 is 1.40 bits per heavy atom. The van der Waals surface area contributed by atoms with Gasteiger partial charge in [-0.1, -0.05) is 83.6 Å². The first-order valence-electron chi connectivity index (χ1n) is 9.52. The van der Waals surface area contributed by atoms with Gasteiger partial charge in [0.05, 0.1) is 19.1 Å². The number of hydrogen-bond donors (Lipinski definition) is 2. The maximum absolute atomic E-state index is 13.1. The molecule has 30 heavy (non-hydrogen) atoms. The highest BCUT2D eigenvalue weighted by Crippen LogP contribution is 2.44. The highest BCUT2D eigenvalue weighted by molar-refractivity contribution is 8.82. The third-order valence-corrected chi connectivity index (χ3v) is 7.15. The molecule has 0 aliphatic heterocycles. The van der Waals surface area contributed by atoms with Crippen molar-refractivity contribution in [3.63, 3.8) is 0 Å². The van der Waals surface area contributed by atoms with Crippen LogP contribution < -0.4 is 4.74 Å². The van der Waals surface area contributed by atoms with E-state index < -0.39 is 11.5 Å². The monoisotopic (exact) mass is 440 g/mol. The van der Waals surface area contributed by atoms with E-state index >= 15 is 0 Å². The van der Waals surface area contributed by atoms with Crippen LogP contribution in [0, 0.1) is 0 Å². The molecule has 0 saturated carbocycles. The molecular formula is C24H24O4S2. The lowest BCUT2D eigenvalue weighted by molar-refractivity contribution is -0.120. The second-order valence-corrected chi connectivity index (χ2v) is 9.04. The lowest BCUT2D eigenvalue weighted by Gasteiger charge is -2.39. The molecule has 3 aromatic carbocycles. The highest BCUT2D eigenvalue weighted by atomic mass is 33.1. The summed E-state index contributed by atoms with van der Waals surface area (Å²) < 4.78 is 5.31. The molecule has 2 N–H and O–H groups in total. The fourth-order valence-electron chi connectivity index (χ4n) is 3.59. The Bertz CT molecular complexity index is 891. The molecule has 156 valence electrons. The molecule has 0 spiro atoms. The molecule has 3 rings (SSSR count). The Morgan fingerprint density at radius 3 is 1.87 bits per heavy atom. The van der Waals surface area contributed by atoms with Crippen LogP contribution in [0.3, 0.4) is 0 Å². The van der Waals surface area contributed by atoms with Crippen LogP contribution in [0.4, 0.5) is 0 Å². The van der Waals surface area contributed by atoms with Crippen molar-refractivity contribution in [3.8, 4) is 5.75 Å². The van der Waals surface area contributed by atoms with Crippen LogP contribution in [0.15, 0.2) is 84.9 Å². The van der Waals surface area contributed by atoms with Crippen LogP contribution in [0.25, 0.3) is 0 Å². The fourth-order valence-corrected chi connectivity index (χ4v) is 5.23. The number of rotatable bonds is 9. The summed E-state index contributed by atoms with van der Waals surface area (Å²) in [5.41, 5.74) is 1.32. The summed E-state index contributed by atoms with van der Waals surface area (Å²) in [5.74, 6) is 1.11. The van der Waals surface area contributed by atoms with Crippen molar-refractivity contribution in [3.05, 3.63) is 102 Å². The molecule has 0 saturated heterocycles. The van der Waals surface area contributed by atoms with E-state index in [0.29, 0.717) is 11.5 Å². The summed E-state index contributed by atoms with van der Waals surface area (Å²) in [4.78, 5) is 13.1. The summed E-state index contributed by atoms with van der Waals surface area (Å²) in [5, 5.41) is 20.2. The van der Waals surface area contributed by atoms with Crippen LogP contribution in [0.2, 0.25) is 0 Å². The van der Waals surface area contributed by atoms with Crippen LogP contribution >= 0.6 is 21.6 Å². The summed E-state index contributed by atoms with van der Waals surface area (Å²) in [7, 11) is 3.81. The predicted molar refractivity (Wildman–Crippen MR) is 124 cm³/mol. The molecular weight excluding hydrogens is 416 g/mol. The summed E-state index contributed by atoms with van der Waals surface area (Å²) in [6, 6.07) is 26.6. The van der Waals surface area contributed by atoms with Gasteiger partial charge in [0.2, 0.25) is 5.12 Å². The molecule has 1 unspecified atom stereocenters. The first-order valence-corrected chi connectivity index (χ1v) is 11.8. The van der Waals surface area contributed by atoms with Crippen molar-refractivity contribution in [1.82, 2.24) is 0 Å². The Morgan fingerprint density at radius 1 is 0.900 bits per heavy atom. The zero-order chi connectivity index (χ0) is 21.4. The van der Waals surface area contributed by atoms with Gasteiger partial charge in [0, 0.05) is 5.75 Å². The SMILES string of the molecule is COc1ccc(C(c2ccccc2)(c2ccccc2)C(O)C(=O)SSCCO)cc1. The van der Waals surface area contributed by atoms with Crippen LogP contribution in [-0.4, -0.2) is 40.9 Å². The molecule has 1 atom stereocenters. The number of ether oxygens (including phenoxy) is 1. The van der Waals surface area contributed by atoms with Crippen molar-refractivity contribution < 1.29 is 19.7 Å². The van der Waals surface area contributed by atoms with E-state index in [9.17, 15) is 9.90 Å². The first kappa shape index (κ1) is 22.4. The number of carbonyl (C=O) groups is 1. The van der Waals surface area contributed by atoms with Gasteiger partial charge in [0.15, 0.2) is 0 Å². The Kier molecular flexibility index (Phi) is 7.99. The first-order chi connectivity index (χ1) is 14.6. The number of hydrogen-bond acceptors (Lipinski definition) is 6. The number of methoxy groups -OCH3 is 1. The van der Waals surface area contributed by atoms with E-state index in [1.807, 2.05) is 84.9 Å². The molecule has 0 fully saturated rings. The molecule has 0 heterocycles. The van der Waals surface area contributed by atoms with Crippen molar-refractivity contribution in [1.29, 1.82) is 0 Å². The number of benzene rings is 3. The molecule has 0 radical (unpaired) electrons. The second-order valence-electron chi connectivity index (χ2n) is 6.62. The minimum Gasteiger partial charge on any atom is -0.497 e. The topological polar surface area (TPSA) is 66.8 Å². The molecule has 3 aromatic rings. The van der Waals surface area contributed by atoms with E-state index in [-0.39, 0.29) is 11.7 Å². The van der Waals surface area contributed by atoms with Crippen LogP contribution in [0.1, 0.15) is 16.7 Å². The standard InChI is InChI=1S/C24H24O4S2/c1-28-21-14-12-20(13-15-21)24(18-8-4-2-5-9-18,19-10-6-3-7-11-19)22(26)23(27)30-29-17-16-25/h2-15,22,25-26H,16-17H2,1H3. The molecule has 0 aromatic heterocycles. The summed E-state index contributed by atoms with van der Waals surface area (Å²) in [6.45, 7) is -0.0258. The van der Waals surface area contributed by atoms with E-state index in [0.717, 1.165) is 27.5 Å². The lowest BCUT2D eigenvalue weighted by atomic mass is 9.66. The van der Waals surface area contributed by atoms with E-state index in [2.05, 4.69) is 0 Å². The van der Waals surface area contributed by atoms with Gasteiger partial charge in [0.1, 0.15) is 11.9 Å². The third kappa shape index (κ3) is 4.57. The van der Waals surface area contributed by atoms with Crippen LogP contribution in [-0.2, 0) is 10.2 Å². The summed E-state index contributed by atoms with van der Waals surface area (Å²) >= 11 is 0. The van der Waals surface area contributed by atoms with E-state index in [1.165, 1.54) is 10.8 Å². The minimum absolute atomic E-state index is 0.0258. The number of carbonyl (C=O) groups excluding carboxylic acids is 1. The van der Waals surface area contributed by atoms with E-state index in [1.54, 1.807) is 7.11 Å². The zero-order valence-corrected chi connectivity index (χ0v) is 18.2. The quantitative estimate of drug-likeness (QED) is 0.294. The minimum atomic E-state index is -1.34. The van der Waals surface area contributed by atoms with Gasteiger partial charge in [-0.3, -0.25) is 4.79 Å². The van der Waals surface area contributed by atoms with E-state index in [4.69, 9.17) is 9.84 Å². The maximum Gasteiger partial charge on any atom is 0.229 e. The van der Waals surface area contributed by atoms with Gasteiger partial charge >= 0.3 is 0 Å². The van der Waals surface area contributed by atoms with Crippen molar-refractivity contribution in [2.24, 2.45) is 0 Å². The normalized spacial score (nSPS) is 12.4. The van der Waals surface area contributed by atoms with Gasteiger partial charge in [-0.2, -0.15) is 0 Å². The molecule has 6 heteroatoms. The number of aliphatic hydroxyl groups is 2. The average Bonchev–Trinajstić information content (AvgIpc) is 2.81. The van der Waals surface area contributed by atoms with Crippen molar-refractivity contribution in [2.75, 3.05) is 19.5 Å². The Labute approximate surface area is 184 Å². The zero-order valence-electron chi connectivity index (χ0n) is 16.6. The Balaban J connectivity index is 2.22. The molecule has 0 bridgehead atoms. The largest absolute Gasteiger partial charge is 0.497 e. The molecule has 0 aliphatic carbocycles. The summed E-state index contributed by atoms with van der Waals surface area (Å²) in [6.07, 6.45) is -1.34. The van der Waals surface area contributed by atoms with Gasteiger partial charge in [0.25, 0.3) is 0 Å². The van der Waals surface area contributed by atoms with Gasteiger partial charge in [-0.05, 0) is 39.6 Å². The Hall–Kier alpha value is -2.25. The van der Waals surface area contributed by atoms with Gasteiger partial charge in [-0.15, -0.1) is 0 Å². The predicted octanol–water partition coefficient (Wildman–Crippen LogP) is 4.29. The maximum atomic E-state index is 13.1. The molecule has 0 amide bonds. The third-order valence-electron chi connectivity index (χ3n) is 4.95. The average molecular weight is 441 g/mol. The number of aliphatic hydroxyl groups excluding tert-OH is 2. The lowest BCUT2D eigenvalue weighted by Crippen LogP contribution is -2.45.